The highest BCUT2D eigenvalue weighted by Gasteiger charge is 2.38. The Hall–Kier alpha value is -3.70. The van der Waals surface area contributed by atoms with Gasteiger partial charge in [0.15, 0.2) is 5.69 Å². The van der Waals surface area contributed by atoms with Crippen molar-refractivity contribution in [3.63, 3.8) is 0 Å². The van der Waals surface area contributed by atoms with Crippen molar-refractivity contribution in [3.05, 3.63) is 46.8 Å². The van der Waals surface area contributed by atoms with Gasteiger partial charge in [-0.15, -0.1) is 0 Å². The molecule has 0 aliphatic heterocycles. The van der Waals surface area contributed by atoms with Gasteiger partial charge in [-0.2, -0.15) is 18.3 Å². The van der Waals surface area contributed by atoms with Crippen LogP contribution >= 0.6 is 0 Å². The maximum absolute atomic E-state index is 13.1. The summed E-state index contributed by atoms with van der Waals surface area (Å²) in [6.45, 7) is 1.48. The number of esters is 1. The predicted octanol–water partition coefficient (Wildman–Crippen LogP) is 1.92. The number of aromatic hydroxyl groups is 1. The third kappa shape index (κ3) is 4.52. The molecule has 1 amide bonds. The number of hydrazone groups is 1. The molecule has 1 heterocycles. The molecule has 0 fully saturated rings. The van der Waals surface area contributed by atoms with E-state index in [-0.39, 0.29) is 17.0 Å². The first-order chi connectivity index (χ1) is 13.0. The topological polar surface area (TPSA) is 140 Å². The molecule has 1 aromatic heterocycles. The van der Waals surface area contributed by atoms with E-state index in [1.54, 1.807) is 0 Å². The zero-order chi connectivity index (χ0) is 21.1. The van der Waals surface area contributed by atoms with E-state index in [0.29, 0.717) is 11.8 Å². The number of halogens is 3. The van der Waals surface area contributed by atoms with Crippen LogP contribution in [0.25, 0.3) is 0 Å². The molecule has 28 heavy (non-hydrogen) atoms. The van der Waals surface area contributed by atoms with E-state index in [1.807, 2.05) is 0 Å². The minimum atomic E-state index is -4.92. The Kier molecular flexibility index (Phi) is 5.81. The lowest BCUT2D eigenvalue weighted by Gasteiger charge is -2.11. The highest BCUT2D eigenvalue weighted by Crippen LogP contribution is 2.31. The molecule has 2 aromatic rings. The molecular formula is C16H14F3N5O4. The minimum Gasteiger partial charge on any atom is -0.507 e. The van der Waals surface area contributed by atoms with Crippen molar-refractivity contribution in [1.82, 2.24) is 9.97 Å². The fourth-order valence-corrected chi connectivity index (χ4v) is 2.07. The summed E-state index contributed by atoms with van der Waals surface area (Å²) in [7, 11) is 0.931. The number of methoxy groups -OCH3 is 1. The van der Waals surface area contributed by atoms with Crippen LogP contribution in [0.2, 0.25) is 0 Å². The summed E-state index contributed by atoms with van der Waals surface area (Å²) in [6, 6.07) is 3.91. The van der Waals surface area contributed by atoms with E-state index >= 15 is 0 Å². The number of benzene rings is 1. The largest absolute Gasteiger partial charge is 0.507 e. The van der Waals surface area contributed by atoms with Crippen LogP contribution in [0.5, 0.6) is 5.75 Å². The molecule has 0 saturated carbocycles. The summed E-state index contributed by atoms with van der Waals surface area (Å²) >= 11 is 0. The molecule has 0 aliphatic carbocycles. The zero-order valence-electron chi connectivity index (χ0n) is 14.5. The molecule has 0 spiro atoms. The van der Waals surface area contributed by atoms with Gasteiger partial charge in [0, 0.05) is 6.20 Å². The number of alkyl halides is 3. The predicted molar refractivity (Wildman–Crippen MR) is 90.8 cm³/mol. The fraction of sp³-hybridized carbons (Fsp3) is 0.188. The molecule has 148 valence electrons. The maximum Gasteiger partial charge on any atom is 0.434 e. The second-order valence-electron chi connectivity index (χ2n) is 5.35. The minimum absolute atomic E-state index is 0.148. The number of anilines is 1. The molecule has 0 unspecified atom stereocenters. The summed E-state index contributed by atoms with van der Waals surface area (Å²) in [5.41, 5.74) is 5.50. The number of aromatic nitrogens is 2. The van der Waals surface area contributed by atoms with Crippen LogP contribution < -0.4 is 11.2 Å². The lowest BCUT2D eigenvalue weighted by Crippen LogP contribution is -2.18. The van der Waals surface area contributed by atoms with E-state index in [2.05, 4.69) is 25.2 Å². The Balaban J connectivity index is 2.34. The maximum atomic E-state index is 13.1. The van der Waals surface area contributed by atoms with Crippen molar-refractivity contribution in [1.29, 1.82) is 0 Å². The zero-order valence-corrected chi connectivity index (χ0v) is 14.5. The summed E-state index contributed by atoms with van der Waals surface area (Å²) in [6.07, 6.45) is -4.25. The van der Waals surface area contributed by atoms with Gasteiger partial charge in [0.05, 0.1) is 18.4 Å². The Morgan fingerprint density at radius 3 is 2.54 bits per heavy atom. The number of nitrogens with zero attached hydrogens (tertiary/aromatic N) is 3. The third-order valence-electron chi connectivity index (χ3n) is 3.47. The number of rotatable bonds is 5. The van der Waals surface area contributed by atoms with Crippen LogP contribution in [0.3, 0.4) is 0 Å². The number of nitrogens with two attached hydrogens (primary N) is 1. The second kappa shape index (κ2) is 7.90. The van der Waals surface area contributed by atoms with Crippen LogP contribution in [0, 0.1) is 0 Å². The standard InChI is InChI=1S/C16H14F3N5O4/c1-7(8-3-4-11(25)9(5-8)13(20)26)23-24-15-21-6-10(14(27)28-2)12(22-15)16(17,18)19/h3-6,25H,1-2H3,(H2,20,26)(H,21,22,24). The molecule has 12 heteroatoms. The number of carbonyl (C=O) groups is 2. The average Bonchev–Trinajstić information content (AvgIpc) is 2.64. The average molecular weight is 397 g/mol. The van der Waals surface area contributed by atoms with Crippen LogP contribution in [0.4, 0.5) is 19.1 Å². The van der Waals surface area contributed by atoms with Crippen molar-refractivity contribution >= 4 is 23.5 Å². The molecule has 9 nitrogen and oxygen atoms in total. The van der Waals surface area contributed by atoms with E-state index in [9.17, 15) is 27.9 Å². The number of amides is 1. The van der Waals surface area contributed by atoms with E-state index < -0.39 is 35.3 Å². The Labute approximate surface area is 156 Å². The number of hydrogen-bond donors (Lipinski definition) is 3. The van der Waals surface area contributed by atoms with Gasteiger partial charge < -0.3 is 15.6 Å². The first kappa shape index (κ1) is 20.6. The van der Waals surface area contributed by atoms with Crippen LogP contribution in [0.15, 0.2) is 29.5 Å². The Bertz CT molecular complexity index is 960. The highest BCUT2D eigenvalue weighted by atomic mass is 19.4. The van der Waals surface area contributed by atoms with E-state index in [1.165, 1.54) is 25.1 Å². The lowest BCUT2D eigenvalue weighted by molar-refractivity contribution is -0.141. The molecule has 0 atom stereocenters. The molecule has 2 rings (SSSR count). The third-order valence-corrected chi connectivity index (χ3v) is 3.47. The van der Waals surface area contributed by atoms with Crippen LogP contribution in [0.1, 0.15) is 38.9 Å². The van der Waals surface area contributed by atoms with Crippen molar-refractivity contribution in [2.24, 2.45) is 10.8 Å². The molecule has 0 aliphatic rings. The van der Waals surface area contributed by atoms with Gasteiger partial charge in [-0.3, -0.25) is 4.79 Å². The van der Waals surface area contributed by atoms with Gasteiger partial charge in [-0.05, 0) is 30.7 Å². The summed E-state index contributed by atoms with van der Waals surface area (Å²) < 4.78 is 43.6. The monoisotopic (exact) mass is 397 g/mol. The van der Waals surface area contributed by atoms with Gasteiger partial charge in [-0.1, -0.05) is 0 Å². The number of carbonyl (C=O) groups excluding carboxylic acids is 2. The Morgan fingerprint density at radius 1 is 1.29 bits per heavy atom. The normalized spacial score (nSPS) is 11.8. The van der Waals surface area contributed by atoms with Crippen molar-refractivity contribution in [2.45, 2.75) is 13.1 Å². The fourth-order valence-electron chi connectivity index (χ4n) is 2.07. The number of primary amides is 1. The number of phenols is 1. The first-order valence-corrected chi connectivity index (χ1v) is 7.50. The van der Waals surface area contributed by atoms with Gasteiger partial charge in [0.2, 0.25) is 5.95 Å². The van der Waals surface area contributed by atoms with Crippen LogP contribution in [-0.4, -0.2) is 39.8 Å². The molecule has 1 aromatic carbocycles. The summed E-state index contributed by atoms with van der Waals surface area (Å²) in [5, 5.41) is 13.4. The molecule has 0 bridgehead atoms. The van der Waals surface area contributed by atoms with Gasteiger partial charge in [0.1, 0.15) is 11.3 Å². The second-order valence-corrected chi connectivity index (χ2v) is 5.35. The first-order valence-electron chi connectivity index (χ1n) is 7.50. The highest BCUT2D eigenvalue weighted by molar-refractivity contribution is 6.03. The van der Waals surface area contributed by atoms with Crippen molar-refractivity contribution in [2.75, 3.05) is 12.5 Å². The van der Waals surface area contributed by atoms with Gasteiger partial charge >= 0.3 is 12.1 Å². The molecule has 4 N–H and O–H groups in total. The molecule has 0 radical (unpaired) electrons. The summed E-state index contributed by atoms with van der Waals surface area (Å²) in [5.74, 6) is -2.94. The van der Waals surface area contributed by atoms with Crippen molar-refractivity contribution in [3.8, 4) is 5.75 Å². The van der Waals surface area contributed by atoms with Crippen molar-refractivity contribution < 1.29 is 32.6 Å². The number of hydrogen-bond acceptors (Lipinski definition) is 8. The van der Waals surface area contributed by atoms with Gasteiger partial charge in [-0.25, -0.2) is 20.2 Å². The smallest absolute Gasteiger partial charge is 0.434 e. The molecular weight excluding hydrogens is 383 g/mol. The molecule has 0 saturated heterocycles. The summed E-state index contributed by atoms with van der Waals surface area (Å²) in [4.78, 5) is 29.6. The van der Waals surface area contributed by atoms with Gasteiger partial charge in [0.25, 0.3) is 5.91 Å². The lowest BCUT2D eigenvalue weighted by atomic mass is 10.1. The van der Waals surface area contributed by atoms with E-state index in [0.717, 1.165) is 7.11 Å². The van der Waals surface area contributed by atoms with Crippen LogP contribution in [-0.2, 0) is 10.9 Å². The number of nitrogens with one attached hydrogen (secondary N) is 1. The SMILES string of the molecule is COC(=O)c1cnc(NN=C(C)c2ccc(O)c(C(N)=O)c2)nc1C(F)(F)F. The number of ether oxygens (including phenoxy) is 1. The Morgan fingerprint density at radius 2 is 1.96 bits per heavy atom. The quantitative estimate of drug-likeness (QED) is 0.398. The van der Waals surface area contributed by atoms with E-state index in [4.69, 9.17) is 5.73 Å².